The van der Waals surface area contributed by atoms with Crippen molar-refractivity contribution >= 4 is 50.8 Å². The van der Waals surface area contributed by atoms with Crippen LogP contribution < -0.4 is 10.2 Å². The largest absolute Gasteiger partial charge is 0.390 e. The number of aromatic nitrogens is 2. The predicted molar refractivity (Wildman–Crippen MR) is 142 cm³/mol. The lowest BCUT2D eigenvalue weighted by atomic mass is 9.94. The van der Waals surface area contributed by atoms with Crippen LogP contribution in [0.15, 0.2) is 30.3 Å². The van der Waals surface area contributed by atoms with Crippen LogP contribution in [0.1, 0.15) is 55.1 Å². The van der Waals surface area contributed by atoms with E-state index in [1.54, 1.807) is 25.7 Å². The molecule has 0 saturated heterocycles. The number of halogens is 4. The number of aliphatic hydroxyl groups excluding tert-OH is 1. The lowest BCUT2D eigenvalue weighted by Crippen LogP contribution is -2.41. The number of benzene rings is 2. The smallest absolute Gasteiger partial charge is 0.298 e. The number of aliphatic hydroxyl groups is 1. The van der Waals surface area contributed by atoms with Gasteiger partial charge in [-0.15, -0.1) is 5.10 Å². The Kier molecular flexibility index (Phi) is 6.60. The maximum atomic E-state index is 15.1. The third-order valence-electron chi connectivity index (χ3n) is 7.18. The van der Waals surface area contributed by atoms with E-state index in [0.717, 1.165) is 35.5 Å². The number of aryl methyl sites for hydroxylation is 1. The van der Waals surface area contributed by atoms with Crippen LogP contribution in [0.4, 0.5) is 24.7 Å². The quantitative estimate of drug-likeness (QED) is 0.255. The Bertz CT molecular complexity index is 1400. The molecule has 1 fully saturated rings. The first kappa shape index (κ1) is 26.1. The second kappa shape index (κ2) is 9.35. The van der Waals surface area contributed by atoms with Crippen LogP contribution in [0.5, 0.6) is 0 Å². The van der Waals surface area contributed by atoms with E-state index in [1.807, 2.05) is 12.1 Å². The van der Waals surface area contributed by atoms with E-state index >= 15 is 4.39 Å². The van der Waals surface area contributed by atoms with Crippen LogP contribution >= 0.6 is 22.6 Å². The fourth-order valence-electron chi connectivity index (χ4n) is 4.94. The fourth-order valence-corrected chi connectivity index (χ4v) is 5.56. The van der Waals surface area contributed by atoms with Gasteiger partial charge in [0.25, 0.3) is 11.8 Å². The number of amides is 1. The molecule has 7 nitrogen and oxygen atoms in total. The van der Waals surface area contributed by atoms with Gasteiger partial charge in [0, 0.05) is 27.9 Å². The maximum Gasteiger partial charge on any atom is 0.298 e. The van der Waals surface area contributed by atoms with Gasteiger partial charge >= 0.3 is 0 Å². The third kappa shape index (κ3) is 4.24. The zero-order chi connectivity index (χ0) is 26.7. The van der Waals surface area contributed by atoms with Gasteiger partial charge in [0.1, 0.15) is 12.4 Å². The molecule has 1 aliphatic carbocycles. The number of nitrogens with one attached hydrogen (secondary N) is 1. The highest BCUT2D eigenvalue weighted by molar-refractivity contribution is 14.1. The van der Waals surface area contributed by atoms with E-state index in [9.17, 15) is 13.6 Å². The van der Waals surface area contributed by atoms with Crippen molar-refractivity contribution in [2.75, 3.05) is 21.4 Å². The highest BCUT2D eigenvalue weighted by Gasteiger charge is 2.53. The number of anilines is 2. The van der Waals surface area contributed by atoms with Crippen LogP contribution in [0.2, 0.25) is 0 Å². The molecule has 0 spiro atoms. The first-order valence-corrected chi connectivity index (χ1v) is 13.4. The summed E-state index contributed by atoms with van der Waals surface area (Å²) in [6.45, 7) is 3.72. The first-order chi connectivity index (χ1) is 17.5. The monoisotopic (exact) mass is 626 g/mol. The molecule has 1 saturated carbocycles. The van der Waals surface area contributed by atoms with Gasteiger partial charge in [-0.05, 0) is 51.8 Å². The van der Waals surface area contributed by atoms with E-state index in [4.69, 9.17) is 9.84 Å². The summed E-state index contributed by atoms with van der Waals surface area (Å²) in [5.41, 5.74) is 0.152. The lowest BCUT2D eigenvalue weighted by molar-refractivity contribution is -0.138. The molecule has 1 unspecified atom stereocenters. The number of hydrogen-bond donors (Lipinski definition) is 2. The molecule has 11 heteroatoms. The van der Waals surface area contributed by atoms with Gasteiger partial charge in [-0.3, -0.25) is 4.79 Å². The second-order valence-corrected chi connectivity index (χ2v) is 10.3. The molecule has 2 N–H and O–H groups in total. The average Bonchev–Trinajstić information content (AvgIpc) is 3.67. The number of alkyl halides is 3. The summed E-state index contributed by atoms with van der Waals surface area (Å²) in [5.74, 6) is -4.57. The van der Waals surface area contributed by atoms with Crippen LogP contribution in [0.25, 0.3) is 10.8 Å². The minimum atomic E-state index is -3.71. The molecule has 0 radical (unpaired) electrons. The first-order valence-electron chi connectivity index (χ1n) is 11.9. The van der Waals surface area contributed by atoms with Crippen molar-refractivity contribution in [3.05, 3.63) is 58.5 Å². The van der Waals surface area contributed by atoms with Gasteiger partial charge in [-0.1, -0.05) is 34.7 Å². The molecule has 1 amide bonds. The number of carbonyl (C=O) groups is 1. The van der Waals surface area contributed by atoms with Crippen molar-refractivity contribution < 1.29 is 27.8 Å². The van der Waals surface area contributed by atoms with Crippen LogP contribution in [0, 0.1) is 12.7 Å². The van der Waals surface area contributed by atoms with E-state index in [-0.39, 0.29) is 17.5 Å². The number of nitrogens with zero attached hydrogens (tertiary/aromatic N) is 3. The second-order valence-electron chi connectivity index (χ2n) is 9.68. The SMILES string of the molecule is Cc1nnc(N[C@H](C)c2cccc(C(F)(F)CO)c2F)c2cc3c(cc12)C(C)(OCI)C(=O)N3C1CC1. The predicted octanol–water partition coefficient (Wildman–Crippen LogP) is 5.47. The Morgan fingerprint density at radius 3 is 2.68 bits per heavy atom. The average molecular weight is 626 g/mol. The van der Waals surface area contributed by atoms with E-state index in [1.165, 1.54) is 12.1 Å². The molecule has 2 heterocycles. The van der Waals surface area contributed by atoms with Crippen molar-refractivity contribution in [2.45, 2.75) is 57.2 Å². The molecule has 3 aromatic rings. The Labute approximate surface area is 225 Å². The summed E-state index contributed by atoms with van der Waals surface area (Å²) in [4.78, 5) is 15.3. The van der Waals surface area contributed by atoms with Crippen molar-refractivity contribution in [3.63, 3.8) is 0 Å². The molecule has 0 bridgehead atoms. The summed E-state index contributed by atoms with van der Waals surface area (Å²) >= 11 is 2.08. The molecule has 2 aliphatic rings. The number of ether oxygens (including phenoxy) is 1. The summed E-state index contributed by atoms with van der Waals surface area (Å²) < 4.78 is 49.5. The standard InChI is InChI=1S/C26H26F3IN4O3/c1-13(16-5-4-6-19(22(16)27)26(28,29)11-35)31-23-18-10-21-20(9-17(18)14(2)32-33-23)25(3,37-12-30)24(36)34(21)15-7-8-15/h4-6,9-10,13,15,35H,7-8,11-12H2,1-3H3,(H,31,33)/t13-,25?/m1/s1. The molecular formula is C26H26F3IN4O3. The number of carbonyl (C=O) groups excluding carboxylic acids is 1. The number of fused-ring (bicyclic) bond motifs is 2. The summed E-state index contributed by atoms with van der Waals surface area (Å²) in [6, 6.07) is 6.84. The van der Waals surface area contributed by atoms with E-state index in [0.29, 0.717) is 21.5 Å². The van der Waals surface area contributed by atoms with Gasteiger partial charge in [0.15, 0.2) is 11.4 Å². The Hall–Kier alpha value is -2.51. The molecule has 196 valence electrons. The maximum absolute atomic E-state index is 15.1. The molecule has 5 rings (SSSR count). The number of hydrogen-bond acceptors (Lipinski definition) is 6. The third-order valence-corrected chi connectivity index (χ3v) is 7.49. The molecule has 1 aromatic heterocycles. The van der Waals surface area contributed by atoms with E-state index < -0.39 is 35.6 Å². The summed E-state index contributed by atoms with van der Waals surface area (Å²) in [7, 11) is 0. The van der Waals surface area contributed by atoms with Crippen molar-refractivity contribution in [2.24, 2.45) is 0 Å². The van der Waals surface area contributed by atoms with Crippen LogP contribution in [-0.2, 0) is 21.1 Å². The zero-order valence-corrected chi connectivity index (χ0v) is 22.6. The topological polar surface area (TPSA) is 87.6 Å². The van der Waals surface area contributed by atoms with Gasteiger partial charge in [0.2, 0.25) is 0 Å². The summed E-state index contributed by atoms with van der Waals surface area (Å²) in [6.07, 6.45) is 1.82. The highest BCUT2D eigenvalue weighted by atomic mass is 127. The molecule has 2 aromatic carbocycles. The Morgan fingerprint density at radius 2 is 2.03 bits per heavy atom. The normalized spacial score (nSPS) is 20.4. The van der Waals surface area contributed by atoms with Gasteiger partial charge < -0.3 is 20.1 Å². The van der Waals surface area contributed by atoms with Crippen LogP contribution in [-0.4, -0.2) is 38.5 Å². The lowest BCUT2D eigenvalue weighted by Gasteiger charge is -2.23. The van der Waals surface area contributed by atoms with Crippen molar-refractivity contribution in [1.29, 1.82) is 0 Å². The minimum Gasteiger partial charge on any atom is -0.390 e. The molecular weight excluding hydrogens is 600 g/mol. The zero-order valence-electron chi connectivity index (χ0n) is 20.5. The number of rotatable bonds is 8. The molecule has 1 aliphatic heterocycles. The Morgan fingerprint density at radius 1 is 1.30 bits per heavy atom. The highest BCUT2D eigenvalue weighted by Crippen LogP contribution is 2.49. The summed E-state index contributed by atoms with van der Waals surface area (Å²) in [5, 5.41) is 22.1. The van der Waals surface area contributed by atoms with Crippen molar-refractivity contribution in [3.8, 4) is 0 Å². The van der Waals surface area contributed by atoms with Crippen LogP contribution in [0.3, 0.4) is 0 Å². The Balaban J connectivity index is 1.60. The minimum absolute atomic E-state index is 0.000107. The fraction of sp³-hybridized carbons (Fsp3) is 0.423. The van der Waals surface area contributed by atoms with E-state index in [2.05, 4.69) is 38.1 Å². The van der Waals surface area contributed by atoms with Gasteiger partial charge in [0.05, 0.1) is 27.6 Å². The van der Waals surface area contributed by atoms with Gasteiger partial charge in [-0.2, -0.15) is 13.9 Å². The van der Waals surface area contributed by atoms with Crippen molar-refractivity contribution in [1.82, 2.24) is 10.2 Å². The van der Waals surface area contributed by atoms with Gasteiger partial charge in [-0.25, -0.2) is 4.39 Å². The molecule has 2 atom stereocenters. The molecule has 37 heavy (non-hydrogen) atoms.